The van der Waals surface area contributed by atoms with E-state index in [9.17, 15) is 13.2 Å². The number of hydrogen-bond acceptors (Lipinski definition) is 5. The predicted molar refractivity (Wildman–Crippen MR) is 83.7 cm³/mol. The summed E-state index contributed by atoms with van der Waals surface area (Å²) < 4.78 is 27.2. The molecule has 0 radical (unpaired) electrons. The summed E-state index contributed by atoms with van der Waals surface area (Å²) in [6.45, 7) is 3.50. The standard InChI is InChI=1S/C14H16N2O4S2/c1-3-10-6-4-5-7-11(10)22(19,20)15-8-12-16-13(14(17)18)9(2)21-12/h4-7,15H,3,8H2,1-2H3,(H,17,18). The molecular formula is C14H16N2O4S2. The van der Waals surface area contributed by atoms with Gasteiger partial charge in [-0.1, -0.05) is 25.1 Å². The van der Waals surface area contributed by atoms with Crippen molar-refractivity contribution in [3.63, 3.8) is 0 Å². The Kier molecular flexibility index (Phi) is 4.94. The highest BCUT2D eigenvalue weighted by Crippen LogP contribution is 2.19. The molecule has 8 heteroatoms. The summed E-state index contributed by atoms with van der Waals surface area (Å²) in [4.78, 5) is 15.7. The maximum Gasteiger partial charge on any atom is 0.355 e. The van der Waals surface area contributed by atoms with Crippen molar-refractivity contribution in [1.82, 2.24) is 9.71 Å². The van der Waals surface area contributed by atoms with E-state index in [1.54, 1.807) is 31.2 Å². The topological polar surface area (TPSA) is 96.4 Å². The molecule has 0 saturated carbocycles. The smallest absolute Gasteiger partial charge is 0.355 e. The molecule has 0 aliphatic rings. The molecule has 0 saturated heterocycles. The Morgan fingerprint density at radius 3 is 2.64 bits per heavy atom. The van der Waals surface area contributed by atoms with Crippen molar-refractivity contribution in [2.75, 3.05) is 0 Å². The van der Waals surface area contributed by atoms with Gasteiger partial charge in [0.2, 0.25) is 10.0 Å². The highest BCUT2D eigenvalue weighted by atomic mass is 32.2. The normalized spacial score (nSPS) is 11.5. The number of hydrogen-bond donors (Lipinski definition) is 2. The number of sulfonamides is 1. The van der Waals surface area contributed by atoms with Crippen molar-refractivity contribution in [2.24, 2.45) is 0 Å². The van der Waals surface area contributed by atoms with Crippen LogP contribution in [-0.4, -0.2) is 24.5 Å². The number of benzene rings is 1. The number of aryl methyl sites for hydroxylation is 2. The van der Waals surface area contributed by atoms with Crippen LogP contribution in [0.25, 0.3) is 0 Å². The molecule has 0 spiro atoms. The fraction of sp³-hybridized carbons (Fsp3) is 0.286. The van der Waals surface area contributed by atoms with Crippen molar-refractivity contribution in [2.45, 2.75) is 31.7 Å². The summed E-state index contributed by atoms with van der Waals surface area (Å²) in [7, 11) is -3.66. The molecule has 1 heterocycles. The van der Waals surface area contributed by atoms with Crippen LogP contribution in [0.1, 0.15) is 32.9 Å². The molecule has 0 aliphatic carbocycles. The molecule has 1 aromatic carbocycles. The summed E-state index contributed by atoms with van der Waals surface area (Å²) in [5.74, 6) is -1.11. The number of carbonyl (C=O) groups is 1. The fourth-order valence-corrected chi connectivity index (χ4v) is 4.27. The first-order valence-corrected chi connectivity index (χ1v) is 8.92. The Labute approximate surface area is 132 Å². The van der Waals surface area contributed by atoms with Crippen molar-refractivity contribution >= 4 is 27.3 Å². The van der Waals surface area contributed by atoms with Crippen LogP contribution >= 0.6 is 11.3 Å². The number of thiazole rings is 1. The van der Waals surface area contributed by atoms with Gasteiger partial charge in [0.15, 0.2) is 5.69 Å². The fourth-order valence-electron chi connectivity index (χ4n) is 2.02. The molecule has 2 N–H and O–H groups in total. The van der Waals surface area contributed by atoms with E-state index in [1.807, 2.05) is 6.92 Å². The number of carboxylic acid groups (broad SMARTS) is 1. The molecule has 0 aliphatic heterocycles. The third-order valence-electron chi connectivity index (χ3n) is 3.10. The lowest BCUT2D eigenvalue weighted by molar-refractivity contribution is 0.0690. The lowest BCUT2D eigenvalue weighted by Crippen LogP contribution is -2.24. The van der Waals surface area contributed by atoms with Crippen LogP contribution < -0.4 is 4.72 Å². The molecule has 22 heavy (non-hydrogen) atoms. The molecule has 0 atom stereocenters. The van der Waals surface area contributed by atoms with Crippen LogP contribution in [0.15, 0.2) is 29.2 Å². The van der Waals surface area contributed by atoms with Crippen molar-refractivity contribution in [1.29, 1.82) is 0 Å². The second-order valence-electron chi connectivity index (χ2n) is 4.60. The molecule has 6 nitrogen and oxygen atoms in total. The SMILES string of the molecule is CCc1ccccc1S(=O)(=O)NCc1nc(C(=O)O)c(C)s1. The van der Waals surface area contributed by atoms with Gasteiger partial charge in [-0.05, 0) is 25.0 Å². The maximum absolute atomic E-state index is 12.4. The third-order valence-corrected chi connectivity index (χ3v) is 5.57. The average Bonchev–Trinajstić information content (AvgIpc) is 2.86. The highest BCUT2D eigenvalue weighted by molar-refractivity contribution is 7.89. The van der Waals surface area contributed by atoms with Gasteiger partial charge in [0.1, 0.15) is 5.01 Å². The largest absolute Gasteiger partial charge is 0.476 e. The summed E-state index contributed by atoms with van der Waals surface area (Å²) in [5.41, 5.74) is 0.699. The summed E-state index contributed by atoms with van der Waals surface area (Å²) in [6.07, 6.45) is 0.608. The molecule has 0 amide bonds. The van der Waals surface area contributed by atoms with Gasteiger partial charge in [-0.2, -0.15) is 0 Å². The lowest BCUT2D eigenvalue weighted by Gasteiger charge is -2.09. The number of nitrogens with zero attached hydrogens (tertiary/aromatic N) is 1. The predicted octanol–water partition coefficient (Wildman–Crippen LogP) is 2.19. The molecule has 2 aromatic rings. The molecule has 0 unspecified atom stereocenters. The Bertz CT molecular complexity index is 797. The van der Waals surface area contributed by atoms with E-state index in [0.717, 1.165) is 5.56 Å². The Morgan fingerprint density at radius 1 is 1.36 bits per heavy atom. The Balaban J connectivity index is 2.20. The van der Waals surface area contributed by atoms with Crippen LogP contribution in [0, 0.1) is 6.92 Å². The van der Waals surface area contributed by atoms with Gasteiger partial charge in [0, 0.05) is 4.88 Å². The molecule has 0 fully saturated rings. The molecule has 118 valence electrons. The monoisotopic (exact) mass is 340 g/mol. The Morgan fingerprint density at radius 2 is 2.05 bits per heavy atom. The van der Waals surface area contributed by atoms with Crippen LogP contribution in [-0.2, 0) is 23.0 Å². The van der Waals surface area contributed by atoms with E-state index in [0.29, 0.717) is 16.3 Å². The minimum absolute atomic E-state index is 0.0286. The van der Waals surface area contributed by atoms with Crippen molar-refractivity contribution < 1.29 is 18.3 Å². The molecule has 2 rings (SSSR count). The van der Waals surface area contributed by atoms with Crippen LogP contribution in [0.4, 0.5) is 0 Å². The van der Waals surface area contributed by atoms with Crippen LogP contribution in [0.3, 0.4) is 0 Å². The molecular weight excluding hydrogens is 324 g/mol. The number of aromatic nitrogens is 1. The second-order valence-corrected chi connectivity index (χ2v) is 7.63. The highest BCUT2D eigenvalue weighted by Gasteiger charge is 2.19. The van der Waals surface area contributed by atoms with E-state index in [1.165, 1.54) is 11.3 Å². The molecule has 1 aromatic heterocycles. The van der Waals surface area contributed by atoms with E-state index in [4.69, 9.17) is 5.11 Å². The average molecular weight is 340 g/mol. The third kappa shape index (κ3) is 3.52. The lowest BCUT2D eigenvalue weighted by atomic mass is 10.2. The number of aromatic carboxylic acids is 1. The second kappa shape index (κ2) is 6.55. The summed E-state index contributed by atoms with van der Waals surface area (Å²) in [5, 5.41) is 9.38. The van der Waals surface area contributed by atoms with E-state index in [2.05, 4.69) is 9.71 Å². The van der Waals surface area contributed by atoms with Gasteiger partial charge in [-0.3, -0.25) is 0 Å². The van der Waals surface area contributed by atoms with E-state index < -0.39 is 16.0 Å². The van der Waals surface area contributed by atoms with E-state index >= 15 is 0 Å². The minimum Gasteiger partial charge on any atom is -0.476 e. The van der Waals surface area contributed by atoms with Gasteiger partial charge in [-0.25, -0.2) is 22.9 Å². The van der Waals surface area contributed by atoms with Gasteiger partial charge >= 0.3 is 5.97 Å². The zero-order chi connectivity index (χ0) is 16.3. The first-order valence-electron chi connectivity index (χ1n) is 6.62. The molecule has 0 bridgehead atoms. The minimum atomic E-state index is -3.66. The van der Waals surface area contributed by atoms with Gasteiger partial charge < -0.3 is 5.11 Å². The maximum atomic E-state index is 12.4. The quantitative estimate of drug-likeness (QED) is 0.840. The van der Waals surface area contributed by atoms with Gasteiger partial charge in [0.25, 0.3) is 0 Å². The number of rotatable bonds is 6. The Hall–Kier alpha value is -1.77. The van der Waals surface area contributed by atoms with Gasteiger partial charge in [0.05, 0.1) is 11.4 Å². The first kappa shape index (κ1) is 16.6. The summed E-state index contributed by atoms with van der Waals surface area (Å²) in [6, 6.07) is 6.78. The van der Waals surface area contributed by atoms with Crippen LogP contribution in [0.5, 0.6) is 0 Å². The summed E-state index contributed by atoms with van der Waals surface area (Å²) >= 11 is 1.17. The van der Waals surface area contributed by atoms with Crippen molar-refractivity contribution in [3.8, 4) is 0 Å². The first-order chi connectivity index (χ1) is 10.3. The number of carboxylic acids is 1. The zero-order valence-electron chi connectivity index (χ0n) is 12.2. The number of nitrogens with one attached hydrogen (secondary N) is 1. The van der Waals surface area contributed by atoms with Gasteiger partial charge in [-0.15, -0.1) is 11.3 Å². The van der Waals surface area contributed by atoms with Crippen molar-refractivity contribution in [3.05, 3.63) is 45.4 Å². The zero-order valence-corrected chi connectivity index (χ0v) is 13.8. The van der Waals surface area contributed by atoms with Crippen LogP contribution in [0.2, 0.25) is 0 Å². The van der Waals surface area contributed by atoms with E-state index in [-0.39, 0.29) is 17.1 Å².